The number of aryl methyl sites for hydroxylation is 1. The van der Waals surface area contributed by atoms with E-state index in [2.05, 4.69) is 0 Å². The Morgan fingerprint density at radius 3 is 1.69 bits per heavy atom. The summed E-state index contributed by atoms with van der Waals surface area (Å²) in [6.07, 6.45) is 0. The lowest BCUT2D eigenvalue weighted by molar-refractivity contribution is 0.409. The van der Waals surface area contributed by atoms with Crippen LogP contribution in [0.1, 0.15) is 16.7 Å². The number of rotatable bonds is 5. The van der Waals surface area contributed by atoms with Gasteiger partial charge in [-0.15, -0.1) is 0 Å². The maximum atomic E-state index is 10.5. The smallest absolute Gasteiger partial charge is 0.169 e. The fourth-order valence-corrected chi connectivity index (χ4v) is 3.66. The van der Waals surface area contributed by atoms with Crippen LogP contribution in [0, 0.1) is 20.8 Å². The minimum Gasteiger partial charge on any atom is -0.508 e. The summed E-state index contributed by atoms with van der Waals surface area (Å²) in [6, 6.07) is 23.4. The van der Waals surface area contributed by atoms with Crippen LogP contribution in [0.2, 0.25) is 0 Å². The van der Waals surface area contributed by atoms with E-state index in [1.54, 1.807) is 30.3 Å². The van der Waals surface area contributed by atoms with E-state index in [0.717, 1.165) is 11.4 Å². The van der Waals surface area contributed by atoms with Crippen molar-refractivity contribution in [2.75, 3.05) is 4.90 Å². The molecular formula is C27H25NO4. The highest BCUT2D eigenvalue weighted by Gasteiger charge is 2.22. The van der Waals surface area contributed by atoms with Crippen LogP contribution >= 0.6 is 0 Å². The van der Waals surface area contributed by atoms with Gasteiger partial charge >= 0.3 is 0 Å². The van der Waals surface area contributed by atoms with Crippen LogP contribution in [0.3, 0.4) is 0 Å². The Balaban J connectivity index is 1.94. The highest BCUT2D eigenvalue weighted by Crippen LogP contribution is 2.47. The Morgan fingerprint density at radius 2 is 1.06 bits per heavy atom. The number of aromatic hydroxyl groups is 3. The number of benzene rings is 4. The Hall–Kier alpha value is -4.12. The van der Waals surface area contributed by atoms with Gasteiger partial charge in [0.25, 0.3) is 0 Å². The largest absolute Gasteiger partial charge is 0.508 e. The van der Waals surface area contributed by atoms with Crippen LogP contribution in [0.4, 0.5) is 17.1 Å². The third kappa shape index (κ3) is 3.81. The molecule has 32 heavy (non-hydrogen) atoms. The normalized spacial score (nSPS) is 10.7. The molecule has 0 bridgehead atoms. The molecule has 4 aromatic carbocycles. The van der Waals surface area contributed by atoms with Gasteiger partial charge in [-0.1, -0.05) is 36.4 Å². The van der Waals surface area contributed by atoms with Gasteiger partial charge in [0.2, 0.25) is 0 Å². The molecule has 0 atom stereocenters. The average Bonchev–Trinajstić information content (AvgIpc) is 2.78. The monoisotopic (exact) mass is 427 g/mol. The van der Waals surface area contributed by atoms with Gasteiger partial charge in [0.15, 0.2) is 17.2 Å². The van der Waals surface area contributed by atoms with Crippen LogP contribution in [0.15, 0.2) is 78.9 Å². The summed E-state index contributed by atoms with van der Waals surface area (Å²) in [5, 5.41) is 31.3. The first kappa shape index (κ1) is 21.1. The SMILES string of the molecule is Cc1cccc(Oc2ccccc2N(c2cccc(O)c2C)c2cccc(O)c2C)c1O. The van der Waals surface area contributed by atoms with Gasteiger partial charge < -0.3 is 25.0 Å². The molecule has 0 unspecified atom stereocenters. The van der Waals surface area contributed by atoms with Gasteiger partial charge in [-0.2, -0.15) is 0 Å². The number of nitrogens with zero attached hydrogens (tertiary/aromatic N) is 1. The average molecular weight is 428 g/mol. The summed E-state index contributed by atoms with van der Waals surface area (Å²) in [6.45, 7) is 5.49. The van der Waals surface area contributed by atoms with E-state index in [9.17, 15) is 15.3 Å². The molecule has 3 N–H and O–H groups in total. The fourth-order valence-electron chi connectivity index (χ4n) is 3.66. The third-order valence-corrected chi connectivity index (χ3v) is 5.56. The first-order chi connectivity index (χ1) is 15.4. The van der Waals surface area contributed by atoms with Gasteiger partial charge in [0.1, 0.15) is 11.5 Å². The molecular weight excluding hydrogens is 402 g/mol. The quantitative estimate of drug-likeness (QED) is 0.320. The predicted octanol–water partition coefficient (Wildman–Crippen LogP) is 6.99. The second-order valence-electron chi connectivity index (χ2n) is 7.67. The van der Waals surface area contributed by atoms with Gasteiger partial charge in [-0.05, 0) is 68.8 Å². The number of para-hydroxylation sites is 3. The van der Waals surface area contributed by atoms with Gasteiger partial charge in [-0.25, -0.2) is 0 Å². The molecule has 0 fully saturated rings. The van der Waals surface area contributed by atoms with E-state index in [-0.39, 0.29) is 17.2 Å². The Morgan fingerprint density at radius 1 is 0.562 bits per heavy atom. The number of hydrogen-bond acceptors (Lipinski definition) is 5. The first-order valence-electron chi connectivity index (χ1n) is 10.3. The number of ether oxygens (including phenoxy) is 1. The predicted molar refractivity (Wildman–Crippen MR) is 127 cm³/mol. The van der Waals surface area contributed by atoms with Crippen molar-refractivity contribution in [2.45, 2.75) is 20.8 Å². The molecule has 4 aromatic rings. The molecule has 0 radical (unpaired) electrons. The topological polar surface area (TPSA) is 73.2 Å². The van der Waals surface area contributed by atoms with Crippen molar-refractivity contribution in [3.63, 3.8) is 0 Å². The molecule has 4 rings (SSSR count). The molecule has 0 spiro atoms. The zero-order valence-electron chi connectivity index (χ0n) is 18.2. The maximum Gasteiger partial charge on any atom is 0.169 e. The Kier molecular flexibility index (Phi) is 5.65. The zero-order valence-corrected chi connectivity index (χ0v) is 18.2. The molecule has 0 aliphatic rings. The molecule has 0 aromatic heterocycles. The second kappa shape index (κ2) is 8.55. The molecule has 0 heterocycles. The van der Waals surface area contributed by atoms with Crippen molar-refractivity contribution in [1.29, 1.82) is 0 Å². The van der Waals surface area contributed by atoms with Crippen molar-refractivity contribution >= 4 is 17.1 Å². The van der Waals surface area contributed by atoms with Crippen molar-refractivity contribution in [2.24, 2.45) is 0 Å². The van der Waals surface area contributed by atoms with Gasteiger partial charge in [-0.3, -0.25) is 0 Å². The van der Waals surface area contributed by atoms with Crippen LogP contribution in [0.5, 0.6) is 28.7 Å². The Bertz CT molecular complexity index is 1230. The lowest BCUT2D eigenvalue weighted by Crippen LogP contribution is -2.13. The molecule has 5 nitrogen and oxygen atoms in total. The van der Waals surface area contributed by atoms with Crippen LogP contribution in [0.25, 0.3) is 0 Å². The van der Waals surface area contributed by atoms with Crippen molar-refractivity contribution < 1.29 is 20.1 Å². The number of phenols is 3. The van der Waals surface area contributed by atoms with Crippen LogP contribution in [-0.2, 0) is 0 Å². The molecule has 0 amide bonds. The number of hydrogen-bond donors (Lipinski definition) is 3. The standard InChI is InChI=1S/C27H25NO4/c1-17-9-6-16-26(27(17)31)32-25-15-5-4-10-22(25)28(20-11-7-13-23(29)18(20)2)21-12-8-14-24(30)19(21)3/h4-16,29-31H,1-3H3. The van der Waals surface area contributed by atoms with E-state index >= 15 is 0 Å². The van der Waals surface area contributed by atoms with E-state index in [1.807, 2.05) is 74.2 Å². The lowest BCUT2D eigenvalue weighted by Gasteiger charge is -2.30. The third-order valence-electron chi connectivity index (χ3n) is 5.56. The summed E-state index contributed by atoms with van der Waals surface area (Å²) >= 11 is 0. The lowest BCUT2D eigenvalue weighted by atomic mass is 10.1. The summed E-state index contributed by atoms with van der Waals surface area (Å²) in [5.74, 6) is 1.27. The minimum atomic E-state index is 0.0796. The summed E-state index contributed by atoms with van der Waals surface area (Å²) in [5.41, 5.74) is 4.25. The number of anilines is 3. The first-order valence-corrected chi connectivity index (χ1v) is 10.3. The maximum absolute atomic E-state index is 10.5. The summed E-state index contributed by atoms with van der Waals surface area (Å²) in [4.78, 5) is 1.94. The molecule has 0 saturated carbocycles. The number of phenolic OH excluding ortho intramolecular Hbond substituents is 3. The van der Waals surface area contributed by atoms with Gasteiger partial charge in [0, 0.05) is 11.1 Å². The van der Waals surface area contributed by atoms with Crippen LogP contribution in [-0.4, -0.2) is 15.3 Å². The van der Waals surface area contributed by atoms with E-state index < -0.39 is 0 Å². The van der Waals surface area contributed by atoms with Crippen molar-refractivity contribution in [3.05, 3.63) is 95.6 Å². The van der Waals surface area contributed by atoms with Crippen LogP contribution < -0.4 is 9.64 Å². The van der Waals surface area contributed by atoms with E-state index in [0.29, 0.717) is 33.9 Å². The molecule has 0 aliphatic carbocycles. The zero-order chi connectivity index (χ0) is 22.8. The Labute approximate surface area is 187 Å². The molecule has 162 valence electrons. The highest BCUT2D eigenvalue weighted by atomic mass is 16.5. The second-order valence-corrected chi connectivity index (χ2v) is 7.67. The minimum absolute atomic E-state index is 0.0796. The fraction of sp³-hybridized carbons (Fsp3) is 0.111. The molecule has 5 heteroatoms. The van der Waals surface area contributed by atoms with Crippen molar-refractivity contribution in [3.8, 4) is 28.7 Å². The molecule has 0 aliphatic heterocycles. The summed E-state index contributed by atoms with van der Waals surface area (Å²) in [7, 11) is 0. The van der Waals surface area contributed by atoms with E-state index in [1.165, 1.54) is 0 Å². The summed E-state index contributed by atoms with van der Waals surface area (Å²) < 4.78 is 6.17. The van der Waals surface area contributed by atoms with E-state index in [4.69, 9.17) is 4.74 Å². The van der Waals surface area contributed by atoms with Crippen molar-refractivity contribution in [1.82, 2.24) is 0 Å². The highest BCUT2D eigenvalue weighted by molar-refractivity contribution is 5.84. The molecule has 0 saturated heterocycles. The van der Waals surface area contributed by atoms with Gasteiger partial charge in [0.05, 0.1) is 17.1 Å².